The Morgan fingerprint density at radius 1 is 1.36 bits per heavy atom. The second kappa shape index (κ2) is 2.86. The van der Waals surface area contributed by atoms with Gasteiger partial charge in [0, 0.05) is 0 Å². The first kappa shape index (κ1) is 8.59. The molecule has 0 aromatic heterocycles. The Morgan fingerprint density at radius 2 is 2.00 bits per heavy atom. The van der Waals surface area contributed by atoms with Crippen molar-refractivity contribution in [3.8, 4) is 0 Å². The van der Waals surface area contributed by atoms with E-state index in [1.165, 1.54) is 5.57 Å². The van der Waals surface area contributed by atoms with E-state index in [0.717, 1.165) is 6.42 Å². The van der Waals surface area contributed by atoms with Crippen molar-refractivity contribution in [1.82, 2.24) is 4.57 Å². The van der Waals surface area contributed by atoms with Crippen molar-refractivity contribution in [2.24, 2.45) is 0 Å². The molecule has 0 aromatic carbocycles. The van der Waals surface area contributed by atoms with Crippen LogP contribution in [-0.2, 0) is 0 Å². The minimum absolute atomic E-state index is 1.13. The highest BCUT2D eigenvalue weighted by molar-refractivity contribution is 6.73. The summed E-state index contributed by atoms with van der Waals surface area (Å²) in [5, 5.41) is 0. The summed E-state index contributed by atoms with van der Waals surface area (Å²) in [6.45, 7) is 9.25. The largest absolute Gasteiger partial charge is 0.381 e. The van der Waals surface area contributed by atoms with Crippen molar-refractivity contribution >= 4 is 8.24 Å². The summed E-state index contributed by atoms with van der Waals surface area (Å²) in [4.78, 5) is 0. The van der Waals surface area contributed by atoms with Gasteiger partial charge in [0.05, 0.1) is 0 Å². The number of allylic oxidation sites excluding steroid dienone is 2. The summed E-state index contributed by atoms with van der Waals surface area (Å²) < 4.78 is 2.39. The van der Waals surface area contributed by atoms with Gasteiger partial charge in [-0.1, -0.05) is 31.3 Å². The van der Waals surface area contributed by atoms with Gasteiger partial charge in [-0.15, -0.1) is 0 Å². The SMILES string of the molecule is CC1=CN([Si](C)(C)C)C=CC1. The molecule has 0 amide bonds. The van der Waals surface area contributed by atoms with E-state index in [0.29, 0.717) is 0 Å². The fraction of sp³-hybridized carbons (Fsp3) is 0.556. The molecule has 0 spiro atoms. The molecule has 0 aliphatic carbocycles. The van der Waals surface area contributed by atoms with Gasteiger partial charge in [-0.3, -0.25) is 0 Å². The fourth-order valence-electron chi connectivity index (χ4n) is 1.10. The molecule has 1 heterocycles. The van der Waals surface area contributed by atoms with Gasteiger partial charge in [0.25, 0.3) is 0 Å². The molecule has 0 unspecified atom stereocenters. The molecule has 0 N–H and O–H groups in total. The second-order valence-corrected chi connectivity index (χ2v) is 9.00. The van der Waals surface area contributed by atoms with Gasteiger partial charge in [-0.2, -0.15) is 0 Å². The molecule has 11 heavy (non-hydrogen) atoms. The maximum atomic E-state index is 2.39. The lowest BCUT2D eigenvalue weighted by Gasteiger charge is -2.32. The highest BCUT2D eigenvalue weighted by Crippen LogP contribution is 2.17. The molecule has 0 radical (unpaired) electrons. The van der Waals surface area contributed by atoms with Crippen molar-refractivity contribution in [3.05, 3.63) is 24.0 Å². The summed E-state index contributed by atoms with van der Waals surface area (Å²) >= 11 is 0. The van der Waals surface area contributed by atoms with E-state index in [2.05, 4.69) is 49.6 Å². The highest BCUT2D eigenvalue weighted by Gasteiger charge is 2.20. The summed E-state index contributed by atoms with van der Waals surface area (Å²) in [5.41, 5.74) is 1.47. The Balaban J connectivity index is 2.74. The standard InChI is InChI=1S/C9H17NSi/c1-9-6-5-7-10(8-9)11(2,3)4/h5,7-8H,6H2,1-4H3. The summed E-state index contributed by atoms with van der Waals surface area (Å²) in [5.74, 6) is 0. The molecule has 1 rings (SSSR count). The molecular weight excluding hydrogens is 150 g/mol. The lowest BCUT2D eigenvalue weighted by Crippen LogP contribution is -2.39. The molecule has 0 saturated carbocycles. The van der Waals surface area contributed by atoms with Crippen LogP contribution in [-0.4, -0.2) is 12.8 Å². The minimum atomic E-state index is -1.13. The predicted molar refractivity (Wildman–Crippen MR) is 52.7 cm³/mol. The average molecular weight is 167 g/mol. The van der Waals surface area contributed by atoms with Crippen LogP contribution in [0.25, 0.3) is 0 Å². The van der Waals surface area contributed by atoms with E-state index in [1.54, 1.807) is 0 Å². The maximum Gasteiger partial charge on any atom is 0.152 e. The van der Waals surface area contributed by atoms with Crippen LogP contribution in [0.3, 0.4) is 0 Å². The lowest BCUT2D eigenvalue weighted by atomic mass is 10.2. The Labute approximate surface area is 70.5 Å². The highest BCUT2D eigenvalue weighted by atomic mass is 28.3. The molecule has 62 valence electrons. The number of rotatable bonds is 1. The molecule has 0 atom stereocenters. The Morgan fingerprint density at radius 3 is 2.36 bits per heavy atom. The molecule has 0 aromatic rings. The monoisotopic (exact) mass is 167 g/mol. The topological polar surface area (TPSA) is 3.24 Å². The Bertz CT molecular complexity index is 198. The van der Waals surface area contributed by atoms with Gasteiger partial charge in [0.1, 0.15) is 0 Å². The van der Waals surface area contributed by atoms with Gasteiger partial charge in [0.2, 0.25) is 0 Å². The third-order valence-electron chi connectivity index (χ3n) is 1.84. The molecule has 1 aliphatic rings. The zero-order valence-corrected chi connectivity index (χ0v) is 8.89. The van der Waals surface area contributed by atoms with Crippen LogP contribution >= 0.6 is 0 Å². The third kappa shape index (κ3) is 2.22. The van der Waals surface area contributed by atoms with Crippen LogP contribution in [0.4, 0.5) is 0 Å². The summed E-state index contributed by atoms with van der Waals surface area (Å²) in [7, 11) is -1.13. The van der Waals surface area contributed by atoms with E-state index in [9.17, 15) is 0 Å². The van der Waals surface area contributed by atoms with E-state index >= 15 is 0 Å². The molecule has 0 fully saturated rings. The predicted octanol–water partition coefficient (Wildman–Crippen LogP) is 2.94. The number of hydrogen-bond acceptors (Lipinski definition) is 1. The van der Waals surface area contributed by atoms with Crippen molar-refractivity contribution in [2.75, 3.05) is 0 Å². The van der Waals surface area contributed by atoms with Gasteiger partial charge < -0.3 is 4.57 Å². The van der Waals surface area contributed by atoms with Crippen LogP contribution < -0.4 is 0 Å². The smallest absolute Gasteiger partial charge is 0.152 e. The summed E-state index contributed by atoms with van der Waals surface area (Å²) in [6, 6.07) is 0. The number of nitrogens with zero attached hydrogens (tertiary/aromatic N) is 1. The molecule has 2 heteroatoms. The first-order chi connectivity index (χ1) is 5.00. The molecular formula is C9H17NSi. The van der Waals surface area contributed by atoms with Gasteiger partial charge in [-0.05, 0) is 25.7 Å². The van der Waals surface area contributed by atoms with Crippen LogP contribution in [0.5, 0.6) is 0 Å². The van der Waals surface area contributed by atoms with Crippen molar-refractivity contribution in [2.45, 2.75) is 33.0 Å². The van der Waals surface area contributed by atoms with Crippen molar-refractivity contribution < 1.29 is 0 Å². The normalized spacial score (nSPS) is 18.5. The van der Waals surface area contributed by atoms with Gasteiger partial charge in [-0.25, -0.2) is 0 Å². The van der Waals surface area contributed by atoms with Crippen LogP contribution in [0.2, 0.25) is 19.6 Å². The minimum Gasteiger partial charge on any atom is -0.381 e. The van der Waals surface area contributed by atoms with E-state index in [1.807, 2.05) is 0 Å². The average Bonchev–Trinajstić information content (AvgIpc) is 1.86. The quantitative estimate of drug-likeness (QED) is 0.543. The Kier molecular flexibility index (Phi) is 2.23. The van der Waals surface area contributed by atoms with Gasteiger partial charge >= 0.3 is 0 Å². The maximum absolute atomic E-state index is 2.39. The van der Waals surface area contributed by atoms with Crippen molar-refractivity contribution in [1.29, 1.82) is 0 Å². The molecule has 1 aliphatic heterocycles. The van der Waals surface area contributed by atoms with Crippen LogP contribution in [0.15, 0.2) is 24.0 Å². The first-order valence-electron chi connectivity index (χ1n) is 4.12. The van der Waals surface area contributed by atoms with E-state index < -0.39 is 8.24 Å². The Hall–Kier alpha value is -0.503. The zero-order valence-electron chi connectivity index (χ0n) is 7.89. The third-order valence-corrected chi connectivity index (χ3v) is 3.67. The zero-order chi connectivity index (χ0) is 8.48. The fourth-order valence-corrected chi connectivity index (χ4v) is 2.26. The van der Waals surface area contributed by atoms with Crippen molar-refractivity contribution in [3.63, 3.8) is 0 Å². The van der Waals surface area contributed by atoms with Crippen LogP contribution in [0.1, 0.15) is 13.3 Å². The lowest BCUT2D eigenvalue weighted by molar-refractivity contribution is 0.727. The summed E-state index contributed by atoms with van der Waals surface area (Å²) in [6.07, 6.45) is 7.88. The first-order valence-corrected chi connectivity index (χ1v) is 7.57. The molecule has 0 bridgehead atoms. The van der Waals surface area contributed by atoms with E-state index in [4.69, 9.17) is 0 Å². The van der Waals surface area contributed by atoms with E-state index in [-0.39, 0.29) is 0 Å². The second-order valence-electron chi connectivity index (χ2n) is 4.14. The molecule has 1 nitrogen and oxygen atoms in total. The van der Waals surface area contributed by atoms with Crippen LogP contribution in [0, 0.1) is 0 Å². The van der Waals surface area contributed by atoms with Gasteiger partial charge in [0.15, 0.2) is 8.24 Å². The number of hydrogen-bond donors (Lipinski definition) is 0. The molecule has 0 saturated heterocycles.